The maximum absolute atomic E-state index is 12.3. The predicted octanol–water partition coefficient (Wildman–Crippen LogP) is 18.6. The van der Waals surface area contributed by atoms with Crippen molar-refractivity contribution in [3.63, 3.8) is 0 Å². The van der Waals surface area contributed by atoms with Crippen LogP contribution in [-0.2, 0) is 9.84 Å². The van der Waals surface area contributed by atoms with Gasteiger partial charge in [0.25, 0.3) is 0 Å². The van der Waals surface area contributed by atoms with Gasteiger partial charge in [-0.3, -0.25) is 0 Å². The third-order valence-electron chi connectivity index (χ3n) is 16.7. The molecule has 2 aromatic carbocycles. The van der Waals surface area contributed by atoms with Gasteiger partial charge in [-0.05, 0) is 138 Å². The number of carbonyl (C=O) groups is 2. The van der Waals surface area contributed by atoms with Gasteiger partial charge in [-0.1, -0.05) is 234 Å². The number of hydrogen-bond acceptors (Lipinski definition) is 6. The summed E-state index contributed by atoms with van der Waals surface area (Å²) in [7, 11) is -3.85. The fraction of sp³-hybridized carbons (Fsp3) is 0.800. The molecule has 0 amide bonds. The first kappa shape index (κ1) is 76.2. The molecule has 0 atom stereocenters. The fourth-order valence-electron chi connectivity index (χ4n) is 11.4. The van der Waals surface area contributed by atoms with Crippen LogP contribution in [0.1, 0.15) is 333 Å². The van der Waals surface area contributed by atoms with Gasteiger partial charge in [0.2, 0.25) is 9.84 Å². The van der Waals surface area contributed by atoms with E-state index < -0.39 is 21.8 Å². The number of quaternary nitrogens is 2. The summed E-state index contributed by atoms with van der Waals surface area (Å²) in [4.78, 5) is 21.0. The average Bonchev–Trinajstić information content (AvgIpc) is 3.45. The highest BCUT2D eigenvalue weighted by atomic mass is 32.2. The van der Waals surface area contributed by atoms with Crippen molar-refractivity contribution in [3.05, 3.63) is 59.7 Å². The zero-order chi connectivity index (χ0) is 58.6. The lowest BCUT2D eigenvalue weighted by molar-refractivity contribution is -0.929. The predicted molar refractivity (Wildman–Crippen MR) is 337 cm³/mol. The Labute approximate surface area is 490 Å². The molecule has 0 N–H and O–H groups in total. The first-order chi connectivity index (χ1) is 38.3. The summed E-state index contributed by atoms with van der Waals surface area (Å²) >= 11 is 0. The fourth-order valence-corrected chi connectivity index (χ4v) is 12.7. The monoisotopic (exact) mass is 1120 g/mol. The summed E-state index contributed by atoms with van der Waals surface area (Å²) in [6.45, 7) is 30.5. The number of carbonyl (C=O) groups excluding carboxylic acids is 2. The Morgan fingerprint density at radius 1 is 0.278 bits per heavy atom. The van der Waals surface area contributed by atoms with Crippen molar-refractivity contribution >= 4 is 21.8 Å². The van der Waals surface area contributed by atoms with Gasteiger partial charge in [0.05, 0.1) is 74.1 Å². The van der Waals surface area contributed by atoms with E-state index in [1.807, 2.05) is 0 Å². The third-order valence-corrected chi connectivity index (χ3v) is 18.5. The Hall–Kier alpha value is -2.75. The lowest BCUT2D eigenvalue weighted by atomic mass is 10.1. The van der Waals surface area contributed by atoms with E-state index >= 15 is 0 Å². The zero-order valence-electron chi connectivity index (χ0n) is 53.3. The van der Waals surface area contributed by atoms with Crippen LogP contribution in [0, 0.1) is 0 Å². The van der Waals surface area contributed by atoms with E-state index in [4.69, 9.17) is 0 Å². The zero-order valence-corrected chi connectivity index (χ0v) is 54.1. The number of carboxylic acids is 2. The van der Waals surface area contributed by atoms with Crippen LogP contribution in [0.5, 0.6) is 0 Å². The summed E-state index contributed by atoms with van der Waals surface area (Å²) in [6, 6.07) is 9.07. The first-order valence-corrected chi connectivity index (χ1v) is 35.4. The van der Waals surface area contributed by atoms with Gasteiger partial charge >= 0.3 is 0 Å². The molecule has 0 bridgehead atoms. The quantitative estimate of drug-likeness (QED) is 0.0481. The smallest absolute Gasteiger partial charge is 0.206 e. The van der Waals surface area contributed by atoms with E-state index in [0.717, 1.165) is 48.5 Å². The second-order valence-electron chi connectivity index (χ2n) is 23.9. The van der Waals surface area contributed by atoms with Crippen molar-refractivity contribution in [2.24, 2.45) is 0 Å². The minimum Gasteiger partial charge on any atom is -0.545 e. The molecule has 0 radical (unpaired) electrons. The highest BCUT2D eigenvalue weighted by Crippen LogP contribution is 2.24. The summed E-state index contributed by atoms with van der Waals surface area (Å²) in [6.07, 6.45) is 57.6. The van der Waals surface area contributed by atoms with Crippen LogP contribution in [0.3, 0.4) is 0 Å². The SMILES string of the molecule is CCCCCCC[N+](CCCCCCC)(CCCCCCC)CCCCCCC.CCCCCCC[N+](CCCCCCC)(CCCCCCC)CCCCCCC.O=C([O-])c1ccc(S(=O)(=O)c2ccc(C(=O)[O-])cc2)cc1. The molecule has 2 rings (SSSR count). The maximum Gasteiger partial charge on any atom is 0.206 e. The van der Waals surface area contributed by atoms with E-state index in [9.17, 15) is 28.2 Å². The molecule has 0 fully saturated rings. The molecule has 0 unspecified atom stereocenters. The van der Waals surface area contributed by atoms with Crippen LogP contribution in [0.4, 0.5) is 0 Å². The number of carboxylic acid groups (broad SMARTS) is 2. The summed E-state index contributed by atoms with van der Waals surface area (Å²) in [5.74, 6) is -2.81. The number of sulfone groups is 1. The molecule has 8 nitrogen and oxygen atoms in total. The molecule has 0 heterocycles. The third kappa shape index (κ3) is 39.4. The molecule has 0 spiro atoms. The second kappa shape index (κ2) is 52.1. The highest BCUT2D eigenvalue weighted by Gasteiger charge is 2.27. The number of nitrogens with zero attached hydrogens (tertiary/aromatic N) is 2. The van der Waals surface area contributed by atoms with E-state index in [-0.39, 0.29) is 20.9 Å². The lowest BCUT2D eigenvalue weighted by Gasteiger charge is -2.40. The summed E-state index contributed by atoms with van der Waals surface area (Å²) < 4.78 is 27.5. The van der Waals surface area contributed by atoms with Gasteiger partial charge in [-0.2, -0.15) is 0 Å². The minimum atomic E-state index is -3.85. The molecule has 460 valence electrons. The van der Waals surface area contributed by atoms with E-state index in [2.05, 4.69) is 55.4 Å². The first-order valence-electron chi connectivity index (χ1n) is 33.9. The maximum atomic E-state index is 12.3. The van der Waals surface area contributed by atoms with Crippen LogP contribution in [0.2, 0.25) is 0 Å². The molecular formula is C70H128N2O6S. The molecule has 0 aliphatic heterocycles. The number of hydrogen-bond donors (Lipinski definition) is 0. The van der Waals surface area contributed by atoms with Gasteiger partial charge in [0.1, 0.15) is 0 Å². The molecule has 0 aliphatic rings. The molecule has 0 aromatic heterocycles. The molecule has 2 aromatic rings. The van der Waals surface area contributed by atoms with E-state index in [1.54, 1.807) is 0 Å². The average molecular weight is 1130 g/mol. The standard InChI is InChI=1S/2C28H60N.C14H10O6S/c2*1-5-9-13-17-21-25-29(26-22-18-14-10-6-2,27-23-19-15-11-7-3)28-24-20-16-12-8-4;15-13(16)9-1-5-11(6-2-9)21(19,20)12-7-3-10(4-8-12)14(17)18/h2*5-28H2,1-4H3;1-8H,(H,15,16)(H,17,18)/q2*+1;/p-2. The Bertz CT molecular complexity index is 1530. The molecule has 0 saturated carbocycles. The van der Waals surface area contributed by atoms with Gasteiger partial charge in [0, 0.05) is 0 Å². The second-order valence-corrected chi connectivity index (χ2v) is 25.9. The van der Waals surface area contributed by atoms with Crippen molar-refractivity contribution in [1.82, 2.24) is 0 Å². The van der Waals surface area contributed by atoms with E-state index in [1.165, 1.54) is 318 Å². The molecule has 0 saturated heterocycles. The Kier molecular flexibility index (Phi) is 50.3. The molecule has 0 aliphatic carbocycles. The largest absolute Gasteiger partial charge is 0.545 e. The van der Waals surface area contributed by atoms with Crippen LogP contribution < -0.4 is 10.2 Å². The van der Waals surface area contributed by atoms with Crippen molar-refractivity contribution < 1.29 is 37.2 Å². The lowest BCUT2D eigenvalue weighted by Crippen LogP contribution is -2.50. The van der Waals surface area contributed by atoms with Crippen LogP contribution in [0.15, 0.2) is 58.3 Å². The summed E-state index contributed by atoms with van der Waals surface area (Å²) in [5, 5.41) is 21.2. The Morgan fingerprint density at radius 3 is 0.570 bits per heavy atom. The van der Waals surface area contributed by atoms with Crippen LogP contribution >= 0.6 is 0 Å². The number of unbranched alkanes of at least 4 members (excludes halogenated alkanes) is 32. The highest BCUT2D eigenvalue weighted by molar-refractivity contribution is 7.91. The van der Waals surface area contributed by atoms with Crippen molar-refractivity contribution in [2.45, 2.75) is 322 Å². The van der Waals surface area contributed by atoms with Crippen molar-refractivity contribution in [2.75, 3.05) is 52.4 Å². The molecule has 79 heavy (non-hydrogen) atoms. The number of rotatable bonds is 52. The molecule has 9 heteroatoms. The minimum absolute atomic E-state index is 0.103. The number of aromatic carboxylic acids is 2. The van der Waals surface area contributed by atoms with Crippen LogP contribution in [0.25, 0.3) is 0 Å². The number of benzene rings is 2. The Morgan fingerprint density at radius 2 is 0.430 bits per heavy atom. The van der Waals surface area contributed by atoms with Gasteiger partial charge in [0.15, 0.2) is 0 Å². The van der Waals surface area contributed by atoms with Crippen molar-refractivity contribution in [3.8, 4) is 0 Å². The topological polar surface area (TPSA) is 114 Å². The van der Waals surface area contributed by atoms with Crippen molar-refractivity contribution in [1.29, 1.82) is 0 Å². The normalized spacial score (nSPS) is 11.7. The molecular weight excluding hydrogens is 997 g/mol. The van der Waals surface area contributed by atoms with Gasteiger partial charge < -0.3 is 28.8 Å². The van der Waals surface area contributed by atoms with Crippen LogP contribution in [-0.4, -0.2) is 81.7 Å². The van der Waals surface area contributed by atoms with Gasteiger partial charge in [-0.15, -0.1) is 0 Å². The van der Waals surface area contributed by atoms with E-state index in [0.29, 0.717) is 0 Å². The van der Waals surface area contributed by atoms with Gasteiger partial charge in [-0.25, -0.2) is 8.42 Å². The Balaban J connectivity index is 0.00000117. The summed E-state index contributed by atoms with van der Waals surface area (Å²) in [5.41, 5.74) is -0.275.